The van der Waals surface area contributed by atoms with E-state index in [1.54, 1.807) is 5.38 Å². The van der Waals surface area contributed by atoms with E-state index in [2.05, 4.69) is 24.1 Å². The summed E-state index contributed by atoms with van der Waals surface area (Å²) >= 11 is 1.44. The highest BCUT2D eigenvalue weighted by Gasteiger charge is 2.32. The Morgan fingerprint density at radius 1 is 1.71 bits per heavy atom. The van der Waals surface area contributed by atoms with Gasteiger partial charge in [-0.3, -0.25) is 4.79 Å². The Morgan fingerprint density at radius 2 is 2.47 bits per heavy atom. The van der Waals surface area contributed by atoms with E-state index < -0.39 is 0 Å². The monoisotopic (exact) mass is 253 g/mol. The van der Waals surface area contributed by atoms with Gasteiger partial charge in [0, 0.05) is 18.0 Å². The zero-order valence-electron chi connectivity index (χ0n) is 10.3. The molecule has 0 spiro atoms. The predicted octanol–water partition coefficient (Wildman–Crippen LogP) is 1.91. The van der Waals surface area contributed by atoms with E-state index in [0.29, 0.717) is 23.7 Å². The fourth-order valence-corrected chi connectivity index (χ4v) is 2.98. The lowest BCUT2D eigenvalue weighted by Gasteiger charge is -2.17. The van der Waals surface area contributed by atoms with Gasteiger partial charge in [-0.05, 0) is 24.7 Å². The number of rotatable bonds is 3. The van der Waals surface area contributed by atoms with Crippen LogP contribution in [0, 0.1) is 5.41 Å². The van der Waals surface area contributed by atoms with Crippen LogP contribution >= 0.6 is 11.3 Å². The maximum atomic E-state index is 11.9. The largest absolute Gasteiger partial charge is 0.348 e. The normalized spacial score (nSPS) is 22.6. The van der Waals surface area contributed by atoms with Gasteiger partial charge < -0.3 is 11.1 Å². The third-order valence-corrected chi connectivity index (χ3v) is 4.13. The number of nitrogens with one attached hydrogen (secondary N) is 1. The average molecular weight is 253 g/mol. The van der Waals surface area contributed by atoms with Crippen LogP contribution in [0.4, 0.5) is 0 Å². The second-order valence-electron chi connectivity index (χ2n) is 5.41. The van der Waals surface area contributed by atoms with E-state index in [0.717, 1.165) is 17.8 Å². The third-order valence-electron chi connectivity index (χ3n) is 3.26. The summed E-state index contributed by atoms with van der Waals surface area (Å²) in [6.07, 6.45) is 3.28. The number of nitrogens with two attached hydrogens (primary N) is 1. The van der Waals surface area contributed by atoms with Crippen molar-refractivity contribution < 1.29 is 4.79 Å². The van der Waals surface area contributed by atoms with Gasteiger partial charge in [0.15, 0.2) is 0 Å². The number of hydrogen-bond acceptors (Lipinski definition) is 4. The number of hydrogen-bond donors (Lipinski definition) is 2. The van der Waals surface area contributed by atoms with E-state index >= 15 is 0 Å². The molecule has 94 valence electrons. The maximum absolute atomic E-state index is 11.9. The first-order valence-corrected chi connectivity index (χ1v) is 6.83. The van der Waals surface area contributed by atoms with Crippen molar-refractivity contribution in [3.8, 4) is 0 Å². The minimum Gasteiger partial charge on any atom is -0.348 e. The number of carbonyl (C=O) groups excluding carboxylic acids is 1. The molecule has 0 bridgehead atoms. The van der Waals surface area contributed by atoms with Crippen molar-refractivity contribution in [2.24, 2.45) is 11.1 Å². The molecule has 4 nitrogen and oxygen atoms in total. The van der Waals surface area contributed by atoms with Crippen molar-refractivity contribution in [1.29, 1.82) is 0 Å². The highest BCUT2D eigenvalue weighted by molar-refractivity contribution is 7.09. The summed E-state index contributed by atoms with van der Waals surface area (Å²) in [6.45, 7) is 4.89. The zero-order valence-corrected chi connectivity index (χ0v) is 11.1. The van der Waals surface area contributed by atoms with Gasteiger partial charge in [0.2, 0.25) is 0 Å². The Bertz CT molecular complexity index is 414. The second kappa shape index (κ2) is 4.74. The molecule has 3 N–H and O–H groups in total. The molecule has 1 atom stereocenters. The molecule has 0 saturated heterocycles. The quantitative estimate of drug-likeness (QED) is 0.864. The summed E-state index contributed by atoms with van der Waals surface area (Å²) in [5.41, 5.74) is 6.33. The molecule has 1 fully saturated rings. The minimum atomic E-state index is -0.0661. The summed E-state index contributed by atoms with van der Waals surface area (Å²) in [7, 11) is 0. The number of thiazole rings is 1. The molecule has 17 heavy (non-hydrogen) atoms. The van der Waals surface area contributed by atoms with Crippen molar-refractivity contribution in [2.45, 2.75) is 45.7 Å². The van der Waals surface area contributed by atoms with E-state index in [1.165, 1.54) is 17.8 Å². The van der Waals surface area contributed by atoms with Crippen LogP contribution in [0.2, 0.25) is 0 Å². The summed E-state index contributed by atoms with van der Waals surface area (Å²) in [5, 5.41) is 5.64. The molecule has 1 saturated carbocycles. The molecule has 2 rings (SSSR count). The van der Waals surface area contributed by atoms with E-state index in [9.17, 15) is 4.79 Å². The molecule has 1 aliphatic rings. The summed E-state index contributed by atoms with van der Waals surface area (Å²) in [6, 6.07) is 0.292. The SMILES string of the molecule is CC1(C)CCC(NC(=O)c2csc(CN)n2)C1. The van der Waals surface area contributed by atoms with Crippen LogP contribution < -0.4 is 11.1 Å². The van der Waals surface area contributed by atoms with Crippen LogP contribution in [0.3, 0.4) is 0 Å². The minimum absolute atomic E-state index is 0.0661. The van der Waals surface area contributed by atoms with Crippen molar-refractivity contribution in [1.82, 2.24) is 10.3 Å². The highest BCUT2D eigenvalue weighted by atomic mass is 32.1. The zero-order chi connectivity index (χ0) is 12.5. The summed E-state index contributed by atoms with van der Waals surface area (Å²) < 4.78 is 0. The Kier molecular flexibility index (Phi) is 3.49. The molecule has 1 amide bonds. The third kappa shape index (κ3) is 3.04. The van der Waals surface area contributed by atoms with Crippen molar-refractivity contribution in [3.05, 3.63) is 16.1 Å². The standard InChI is InChI=1S/C12H19N3OS/c1-12(2)4-3-8(5-12)14-11(16)9-7-17-10(6-13)15-9/h7-8H,3-6,13H2,1-2H3,(H,14,16). The van der Waals surface area contributed by atoms with Crippen LogP contribution in [0.25, 0.3) is 0 Å². The molecule has 0 aromatic carbocycles. The molecule has 1 aliphatic carbocycles. The first-order valence-electron chi connectivity index (χ1n) is 5.95. The van der Waals surface area contributed by atoms with Gasteiger partial charge in [-0.1, -0.05) is 13.8 Å². The first-order chi connectivity index (χ1) is 8.00. The summed E-state index contributed by atoms with van der Waals surface area (Å²) in [4.78, 5) is 16.1. The van der Waals surface area contributed by atoms with Crippen molar-refractivity contribution >= 4 is 17.2 Å². The van der Waals surface area contributed by atoms with Crippen LogP contribution in [0.1, 0.15) is 48.6 Å². The Morgan fingerprint density at radius 3 is 3.00 bits per heavy atom. The van der Waals surface area contributed by atoms with E-state index in [1.807, 2.05) is 0 Å². The van der Waals surface area contributed by atoms with Crippen LogP contribution in [0.15, 0.2) is 5.38 Å². The molecule has 0 radical (unpaired) electrons. The number of amides is 1. The lowest BCUT2D eigenvalue weighted by atomic mass is 9.92. The number of carbonyl (C=O) groups is 1. The van der Waals surface area contributed by atoms with E-state index in [4.69, 9.17) is 5.73 Å². The second-order valence-corrected chi connectivity index (χ2v) is 6.35. The Balaban J connectivity index is 1.93. The summed E-state index contributed by atoms with van der Waals surface area (Å²) in [5.74, 6) is -0.0661. The van der Waals surface area contributed by atoms with Gasteiger partial charge in [-0.25, -0.2) is 4.98 Å². The molecular formula is C12H19N3OS. The van der Waals surface area contributed by atoms with Gasteiger partial charge in [-0.2, -0.15) is 0 Å². The van der Waals surface area contributed by atoms with Crippen LogP contribution in [-0.2, 0) is 6.54 Å². The van der Waals surface area contributed by atoms with Gasteiger partial charge in [0.1, 0.15) is 10.7 Å². The van der Waals surface area contributed by atoms with Gasteiger partial charge in [0.25, 0.3) is 5.91 Å². The fraction of sp³-hybridized carbons (Fsp3) is 0.667. The predicted molar refractivity (Wildman–Crippen MR) is 68.9 cm³/mol. The average Bonchev–Trinajstić information content (AvgIpc) is 2.85. The molecule has 5 heteroatoms. The fourth-order valence-electron chi connectivity index (χ4n) is 2.33. The van der Waals surface area contributed by atoms with Crippen LogP contribution in [0.5, 0.6) is 0 Å². The molecular weight excluding hydrogens is 234 g/mol. The smallest absolute Gasteiger partial charge is 0.270 e. The molecule has 1 aromatic rings. The molecule has 1 heterocycles. The number of aromatic nitrogens is 1. The van der Waals surface area contributed by atoms with E-state index in [-0.39, 0.29) is 5.91 Å². The molecule has 0 aliphatic heterocycles. The lowest BCUT2D eigenvalue weighted by molar-refractivity contribution is 0.0931. The van der Waals surface area contributed by atoms with Crippen LogP contribution in [-0.4, -0.2) is 16.9 Å². The van der Waals surface area contributed by atoms with Crippen molar-refractivity contribution in [3.63, 3.8) is 0 Å². The Labute approximate surface area is 106 Å². The molecule has 1 aromatic heterocycles. The molecule has 1 unspecified atom stereocenters. The van der Waals surface area contributed by atoms with Crippen molar-refractivity contribution in [2.75, 3.05) is 0 Å². The highest BCUT2D eigenvalue weighted by Crippen LogP contribution is 2.36. The maximum Gasteiger partial charge on any atom is 0.270 e. The van der Waals surface area contributed by atoms with Gasteiger partial charge in [0.05, 0.1) is 0 Å². The number of nitrogens with zero attached hydrogens (tertiary/aromatic N) is 1. The van der Waals surface area contributed by atoms with Gasteiger partial charge >= 0.3 is 0 Å². The van der Waals surface area contributed by atoms with Gasteiger partial charge in [-0.15, -0.1) is 11.3 Å². The lowest BCUT2D eigenvalue weighted by Crippen LogP contribution is -2.33. The Hall–Kier alpha value is -0.940. The first kappa shape index (κ1) is 12.5. The topological polar surface area (TPSA) is 68.0 Å².